The zero-order chi connectivity index (χ0) is 10.1. The average molecular weight is 169 g/mol. The minimum atomic E-state index is -0.202. The van der Waals surface area contributed by atoms with Gasteiger partial charge in [0.2, 0.25) is 5.88 Å². The lowest BCUT2D eigenvalue weighted by Crippen LogP contribution is -2.38. The maximum Gasteiger partial charge on any atom is 0.234 e. The molecule has 5 heteroatoms. The third-order valence-corrected chi connectivity index (χ3v) is 1.43. The average Bonchev–Trinajstić information content (AvgIpc) is 2.06. The predicted molar refractivity (Wildman–Crippen MR) is 41.7 cm³/mol. The van der Waals surface area contributed by atoms with Crippen LogP contribution < -0.4 is 10.5 Å². The summed E-state index contributed by atoms with van der Waals surface area (Å²) in [4.78, 5) is 7.32. The molecule has 0 spiro atoms. The molecule has 0 saturated carbocycles. The second-order valence-electron chi connectivity index (χ2n) is 2.41. The van der Waals surface area contributed by atoms with E-state index in [1.165, 1.54) is 0 Å². The summed E-state index contributed by atoms with van der Waals surface area (Å²) in [5.41, 5.74) is 5.37. The van der Waals surface area contributed by atoms with Crippen LogP contribution in [0.4, 0.5) is 5.82 Å². The first-order valence-electron chi connectivity index (χ1n) is 4.52. The quantitative estimate of drug-likeness (QED) is 0.666. The van der Waals surface area contributed by atoms with Crippen molar-refractivity contribution in [3.63, 3.8) is 0 Å². The molecule has 1 aliphatic rings. The first-order valence-corrected chi connectivity index (χ1v) is 3.52. The van der Waals surface area contributed by atoms with Crippen molar-refractivity contribution in [3.8, 4) is 5.88 Å². The standard InChI is InChI=1S/C7H9N3O2/c8-6-1-9-2-7(10-6)12-5-3-11-4-5/h1-2,5H,3-4H2,(H2,8,10)/i1D,2D. The smallest absolute Gasteiger partial charge is 0.234 e. The Morgan fingerprint density at radius 3 is 3.17 bits per heavy atom. The second-order valence-corrected chi connectivity index (χ2v) is 2.41. The summed E-state index contributed by atoms with van der Waals surface area (Å²) in [6.45, 7) is 0.979. The lowest BCUT2D eigenvalue weighted by molar-refractivity contribution is -0.0814. The molecule has 0 aromatic carbocycles. The Morgan fingerprint density at radius 2 is 2.50 bits per heavy atom. The number of nitrogen functional groups attached to an aromatic ring is 1. The van der Waals surface area contributed by atoms with E-state index in [4.69, 9.17) is 17.9 Å². The molecule has 12 heavy (non-hydrogen) atoms. The third-order valence-electron chi connectivity index (χ3n) is 1.43. The van der Waals surface area contributed by atoms with Crippen molar-refractivity contribution < 1.29 is 12.2 Å². The molecule has 1 aliphatic heterocycles. The largest absolute Gasteiger partial charge is 0.468 e. The maximum absolute atomic E-state index is 7.39. The zero-order valence-electron chi connectivity index (χ0n) is 8.28. The van der Waals surface area contributed by atoms with Crippen molar-refractivity contribution in [2.75, 3.05) is 18.9 Å². The van der Waals surface area contributed by atoms with E-state index in [0.29, 0.717) is 13.2 Å². The van der Waals surface area contributed by atoms with Crippen LogP contribution in [0.5, 0.6) is 5.88 Å². The summed E-state index contributed by atoms with van der Waals surface area (Å²) >= 11 is 0. The first kappa shape index (κ1) is 5.31. The molecule has 2 heterocycles. The Morgan fingerprint density at radius 1 is 1.67 bits per heavy atom. The van der Waals surface area contributed by atoms with Gasteiger partial charge in [-0.2, -0.15) is 4.98 Å². The molecule has 0 bridgehead atoms. The van der Waals surface area contributed by atoms with Gasteiger partial charge in [-0.3, -0.25) is 4.98 Å². The molecule has 0 aliphatic carbocycles. The molecule has 2 N–H and O–H groups in total. The van der Waals surface area contributed by atoms with Crippen LogP contribution in [0.3, 0.4) is 0 Å². The fraction of sp³-hybridized carbons (Fsp3) is 0.429. The van der Waals surface area contributed by atoms with E-state index in [9.17, 15) is 0 Å². The van der Waals surface area contributed by atoms with Gasteiger partial charge in [0.05, 0.1) is 28.3 Å². The van der Waals surface area contributed by atoms with Crippen LogP contribution in [-0.4, -0.2) is 29.3 Å². The lowest BCUT2D eigenvalue weighted by Gasteiger charge is -2.25. The monoisotopic (exact) mass is 169 g/mol. The molecule has 2 rings (SSSR count). The van der Waals surface area contributed by atoms with Crippen molar-refractivity contribution in [3.05, 3.63) is 12.3 Å². The topological polar surface area (TPSA) is 70.3 Å². The summed E-state index contributed by atoms with van der Waals surface area (Å²) in [6.07, 6.45) is -0.451. The molecule has 1 fully saturated rings. The molecule has 0 radical (unpaired) electrons. The Kier molecular flexibility index (Phi) is 1.30. The van der Waals surface area contributed by atoms with Gasteiger partial charge in [-0.25, -0.2) is 0 Å². The first-order chi connectivity index (χ1) is 6.66. The normalized spacial score (nSPS) is 19.3. The Hall–Kier alpha value is -1.36. The van der Waals surface area contributed by atoms with Gasteiger partial charge in [-0.05, 0) is 0 Å². The van der Waals surface area contributed by atoms with Crippen molar-refractivity contribution in [1.82, 2.24) is 9.97 Å². The molecule has 1 saturated heterocycles. The highest BCUT2D eigenvalue weighted by Crippen LogP contribution is 2.12. The third kappa shape index (κ3) is 1.45. The van der Waals surface area contributed by atoms with Gasteiger partial charge in [-0.15, -0.1) is 0 Å². The highest BCUT2D eigenvalue weighted by atomic mass is 16.6. The molecule has 5 nitrogen and oxygen atoms in total. The fourth-order valence-electron chi connectivity index (χ4n) is 0.785. The second kappa shape index (κ2) is 2.94. The molecule has 1 aromatic heterocycles. The van der Waals surface area contributed by atoms with Gasteiger partial charge in [0.1, 0.15) is 11.9 Å². The Bertz CT molecular complexity index is 357. The molecule has 1 aromatic rings. The van der Waals surface area contributed by atoms with E-state index >= 15 is 0 Å². The molecular weight excluding hydrogens is 158 g/mol. The van der Waals surface area contributed by atoms with Crippen LogP contribution in [0.15, 0.2) is 12.3 Å². The summed E-state index contributed by atoms with van der Waals surface area (Å²) in [5, 5.41) is 0. The van der Waals surface area contributed by atoms with E-state index in [0.717, 1.165) is 0 Å². The van der Waals surface area contributed by atoms with Gasteiger partial charge in [0.15, 0.2) is 0 Å². The SMILES string of the molecule is [2H]c1nc([2H])c(OC2COC2)nc1N. The number of anilines is 1. The molecule has 0 atom stereocenters. The van der Waals surface area contributed by atoms with E-state index in [-0.39, 0.29) is 30.1 Å². The predicted octanol–water partition coefficient (Wildman–Crippen LogP) is -0.164. The number of hydrogen-bond acceptors (Lipinski definition) is 5. The van der Waals surface area contributed by atoms with E-state index in [1.54, 1.807) is 0 Å². The van der Waals surface area contributed by atoms with Gasteiger partial charge >= 0.3 is 0 Å². The Labute approximate surface area is 72.3 Å². The summed E-state index contributed by atoms with van der Waals surface area (Å²) in [6, 6.07) is 0. The summed E-state index contributed by atoms with van der Waals surface area (Å²) in [5.74, 6) is 0.0306. The van der Waals surface area contributed by atoms with Crippen molar-refractivity contribution in [1.29, 1.82) is 0 Å². The molecule has 64 valence electrons. The van der Waals surface area contributed by atoms with E-state index in [1.807, 2.05) is 0 Å². The number of nitrogens with two attached hydrogens (primary N) is 1. The highest BCUT2D eigenvalue weighted by Gasteiger charge is 2.20. The van der Waals surface area contributed by atoms with Crippen LogP contribution in [0.25, 0.3) is 0 Å². The van der Waals surface area contributed by atoms with E-state index in [2.05, 4.69) is 9.97 Å². The van der Waals surface area contributed by atoms with Crippen molar-refractivity contribution >= 4 is 5.82 Å². The lowest BCUT2D eigenvalue weighted by atomic mass is 10.3. The van der Waals surface area contributed by atoms with Crippen LogP contribution in [0.1, 0.15) is 2.74 Å². The zero-order valence-corrected chi connectivity index (χ0v) is 6.28. The summed E-state index contributed by atoms with van der Waals surface area (Å²) < 4.78 is 24.8. The number of rotatable bonds is 2. The number of hydrogen-bond donors (Lipinski definition) is 1. The van der Waals surface area contributed by atoms with Gasteiger partial charge in [0.25, 0.3) is 0 Å². The van der Waals surface area contributed by atoms with Crippen LogP contribution in [-0.2, 0) is 4.74 Å². The van der Waals surface area contributed by atoms with Gasteiger partial charge in [0, 0.05) is 0 Å². The van der Waals surface area contributed by atoms with Gasteiger partial charge < -0.3 is 15.2 Å². The molecule has 0 amide bonds. The number of ether oxygens (including phenoxy) is 2. The van der Waals surface area contributed by atoms with E-state index < -0.39 is 0 Å². The fourth-order valence-corrected chi connectivity index (χ4v) is 0.785. The van der Waals surface area contributed by atoms with Crippen LogP contribution >= 0.6 is 0 Å². The number of nitrogens with zero attached hydrogens (tertiary/aromatic N) is 2. The van der Waals surface area contributed by atoms with Gasteiger partial charge in [-0.1, -0.05) is 0 Å². The Balaban J connectivity index is 2.19. The molecule has 0 unspecified atom stereocenters. The minimum Gasteiger partial charge on any atom is -0.468 e. The summed E-state index contributed by atoms with van der Waals surface area (Å²) in [7, 11) is 0. The highest BCUT2D eigenvalue weighted by molar-refractivity contribution is 5.26. The van der Waals surface area contributed by atoms with Crippen molar-refractivity contribution in [2.24, 2.45) is 0 Å². The maximum atomic E-state index is 7.39. The molecular formula is C7H9N3O2. The van der Waals surface area contributed by atoms with Crippen LogP contribution in [0, 0.1) is 0 Å². The minimum absolute atomic E-state index is 0.0313. The number of aromatic nitrogens is 2. The van der Waals surface area contributed by atoms with Crippen molar-refractivity contribution in [2.45, 2.75) is 6.10 Å². The van der Waals surface area contributed by atoms with Crippen LogP contribution in [0.2, 0.25) is 0 Å².